The molecule has 39 heavy (non-hydrogen) atoms. The fourth-order valence-electron chi connectivity index (χ4n) is 6.39. The van der Waals surface area contributed by atoms with Crippen molar-refractivity contribution in [2.75, 3.05) is 18.6 Å². The highest BCUT2D eigenvalue weighted by molar-refractivity contribution is 6.29. The smallest absolute Gasteiger partial charge is 0.262 e. The highest BCUT2D eigenvalue weighted by atomic mass is 19.1. The lowest BCUT2D eigenvalue weighted by Crippen LogP contribution is -2.64. The Balaban J connectivity index is 1.60. The molecule has 12 heteroatoms. The lowest BCUT2D eigenvalue weighted by atomic mass is 9.93. The van der Waals surface area contributed by atoms with Gasteiger partial charge in [-0.3, -0.25) is 14.5 Å². The number of allylic oxidation sites excluding steroid dienone is 4. The number of ether oxygens (including phenoxy) is 1. The largest absolute Gasteiger partial charge is 0.394 e. The van der Waals surface area contributed by atoms with Crippen LogP contribution in [-0.2, 0) is 11.2 Å². The number of nitrogens with zero attached hydrogens (tertiary/aromatic N) is 2. The molecule has 2 amide bonds. The molecule has 2 aliphatic carbocycles. The number of H-pyrrole nitrogens is 1. The van der Waals surface area contributed by atoms with Gasteiger partial charge in [0.2, 0.25) is 0 Å². The van der Waals surface area contributed by atoms with Crippen molar-refractivity contribution in [2.24, 2.45) is 0 Å². The number of fused-ring (bicyclic) bond motifs is 9. The van der Waals surface area contributed by atoms with Crippen LogP contribution in [-0.4, -0.2) is 92.5 Å². The van der Waals surface area contributed by atoms with Crippen LogP contribution in [0.3, 0.4) is 0 Å². The van der Waals surface area contributed by atoms with Crippen LogP contribution in [0.1, 0.15) is 26.3 Å². The number of amides is 2. The molecule has 1 saturated heterocycles. The van der Waals surface area contributed by atoms with Gasteiger partial charge in [-0.25, -0.2) is 8.78 Å². The maximum atomic E-state index is 14.7. The zero-order valence-electron chi connectivity index (χ0n) is 20.4. The number of rotatable bonds is 2. The van der Waals surface area contributed by atoms with Gasteiger partial charge in [0.25, 0.3) is 11.8 Å². The van der Waals surface area contributed by atoms with Crippen LogP contribution in [0.5, 0.6) is 0 Å². The van der Waals surface area contributed by atoms with Crippen molar-refractivity contribution in [2.45, 2.75) is 43.1 Å². The number of aromatic amines is 1. The predicted octanol–water partition coefficient (Wildman–Crippen LogP) is -0.854. The molecular formula is C27H23F2N3O7. The number of carbonyl (C=O) groups is 2. The Bertz CT molecular complexity index is 1720. The summed E-state index contributed by atoms with van der Waals surface area (Å²) in [5, 5.41) is 42.9. The van der Waals surface area contributed by atoms with Gasteiger partial charge in [-0.05, 0) is 35.4 Å². The number of carbonyl (C=O) groups excluding carboxylic acids is 2. The average molecular weight is 539 g/mol. The number of hydrogen-bond acceptors (Lipinski definition) is 8. The average Bonchev–Trinajstić information content (AvgIpc) is 3.52. The number of imide groups is 1. The molecule has 10 nitrogen and oxygen atoms in total. The Kier molecular flexibility index (Phi) is 5.10. The molecule has 0 bridgehead atoms. The molecule has 0 saturated carbocycles. The number of hydrogen-bond donors (Lipinski definition) is 5. The summed E-state index contributed by atoms with van der Waals surface area (Å²) in [6.45, 7) is -0.665. The van der Waals surface area contributed by atoms with Crippen molar-refractivity contribution in [3.8, 4) is 0 Å². The number of anilines is 1. The van der Waals surface area contributed by atoms with Gasteiger partial charge in [0.05, 0.1) is 35.0 Å². The summed E-state index contributed by atoms with van der Waals surface area (Å²) in [6, 6.07) is -0.816. The van der Waals surface area contributed by atoms with Gasteiger partial charge < -0.3 is 35.0 Å². The Morgan fingerprint density at radius 2 is 1.82 bits per heavy atom. The molecule has 1 aromatic heterocycles. The van der Waals surface area contributed by atoms with Crippen LogP contribution >= 0.6 is 0 Å². The van der Waals surface area contributed by atoms with Crippen molar-refractivity contribution < 1.29 is 43.5 Å². The monoisotopic (exact) mass is 539 g/mol. The summed E-state index contributed by atoms with van der Waals surface area (Å²) in [5.74, 6) is -2.25. The van der Waals surface area contributed by atoms with Gasteiger partial charge in [-0.1, -0.05) is 6.08 Å². The third kappa shape index (κ3) is 3.06. The number of nitrogens with one attached hydrogen (secondary N) is 1. The SMILES string of the molecule is CN1C(=O)c2c(c3c4c([nH]c3c3c2=C2C=C(F)C=CC2N3C2OC(CO)C(O)C(O)C2O)=CC=C(F)C4)C1=O. The standard InChI is InChI=1S/C27H23F2N3O7/c1-31-25(37)18-16-11-6-9(28)2-4-13(11)30-20(16)21-17(19(18)26(31)38)12-7-10(29)3-5-14(12)32(21)27-24(36)23(35)22(34)15(8-33)39-27/h2-5,7,14-15,22-24,27,30,33-36H,6,8H2,1H3. The molecule has 4 heterocycles. The summed E-state index contributed by atoms with van der Waals surface area (Å²) < 4.78 is 35.0. The van der Waals surface area contributed by atoms with E-state index < -0.39 is 66.8 Å². The molecule has 1 fully saturated rings. The number of aliphatic hydroxyl groups is 4. The van der Waals surface area contributed by atoms with Crippen molar-refractivity contribution >= 4 is 40.1 Å². The summed E-state index contributed by atoms with van der Waals surface area (Å²) in [4.78, 5) is 32.6. The second-order valence-electron chi connectivity index (χ2n) is 10.3. The normalized spacial score (nSPS) is 31.2. The first-order chi connectivity index (χ1) is 18.6. The van der Waals surface area contributed by atoms with Crippen LogP contribution in [0.2, 0.25) is 0 Å². The molecule has 1 aromatic carbocycles. The fraction of sp³-hybridized carbons (Fsp3) is 0.333. The summed E-state index contributed by atoms with van der Waals surface area (Å²) in [6.07, 6.45) is -0.981. The van der Waals surface area contributed by atoms with Crippen LogP contribution in [0.15, 0.2) is 36.0 Å². The predicted molar refractivity (Wildman–Crippen MR) is 133 cm³/mol. The molecule has 2 aromatic rings. The van der Waals surface area contributed by atoms with Crippen molar-refractivity contribution in [3.05, 3.63) is 63.2 Å². The molecule has 6 atom stereocenters. The van der Waals surface area contributed by atoms with Crippen LogP contribution in [0.4, 0.5) is 14.5 Å². The zero-order valence-corrected chi connectivity index (χ0v) is 20.4. The van der Waals surface area contributed by atoms with Crippen LogP contribution in [0.25, 0.3) is 22.6 Å². The Hall–Kier alpha value is -3.68. The molecule has 0 radical (unpaired) electrons. The van der Waals surface area contributed by atoms with E-state index in [4.69, 9.17) is 4.74 Å². The van der Waals surface area contributed by atoms with Gasteiger partial charge >= 0.3 is 0 Å². The van der Waals surface area contributed by atoms with Gasteiger partial charge in [-0.15, -0.1) is 0 Å². The van der Waals surface area contributed by atoms with Crippen molar-refractivity contribution in [3.63, 3.8) is 0 Å². The van der Waals surface area contributed by atoms with E-state index in [2.05, 4.69) is 4.98 Å². The zero-order chi connectivity index (χ0) is 27.5. The molecule has 7 rings (SSSR count). The van der Waals surface area contributed by atoms with E-state index in [9.17, 15) is 38.8 Å². The fourth-order valence-corrected chi connectivity index (χ4v) is 6.39. The summed E-state index contributed by atoms with van der Waals surface area (Å²) >= 11 is 0. The van der Waals surface area contributed by atoms with Gasteiger partial charge in [0, 0.05) is 29.4 Å². The van der Waals surface area contributed by atoms with Gasteiger partial charge in [0.1, 0.15) is 36.1 Å². The quantitative estimate of drug-likeness (QED) is 0.310. The second-order valence-corrected chi connectivity index (χ2v) is 10.3. The van der Waals surface area contributed by atoms with Crippen molar-refractivity contribution in [1.29, 1.82) is 0 Å². The van der Waals surface area contributed by atoms with E-state index in [0.29, 0.717) is 27.4 Å². The highest BCUT2D eigenvalue weighted by Gasteiger charge is 2.51. The maximum absolute atomic E-state index is 14.7. The first kappa shape index (κ1) is 24.4. The van der Waals surface area contributed by atoms with Gasteiger partial charge in [0.15, 0.2) is 6.23 Å². The van der Waals surface area contributed by atoms with E-state index in [-0.39, 0.29) is 28.5 Å². The third-order valence-corrected chi connectivity index (χ3v) is 8.21. The molecule has 3 aliphatic heterocycles. The first-order valence-corrected chi connectivity index (χ1v) is 12.4. The molecule has 0 spiro atoms. The third-order valence-electron chi connectivity index (χ3n) is 8.21. The Morgan fingerprint density at radius 1 is 1.08 bits per heavy atom. The number of aromatic nitrogens is 1. The van der Waals surface area contributed by atoms with E-state index in [1.807, 2.05) is 0 Å². The van der Waals surface area contributed by atoms with E-state index in [1.54, 1.807) is 0 Å². The first-order valence-electron chi connectivity index (χ1n) is 12.4. The molecule has 5 aliphatic rings. The van der Waals surface area contributed by atoms with E-state index in [0.717, 1.165) is 4.90 Å². The van der Waals surface area contributed by atoms with E-state index in [1.165, 1.54) is 42.3 Å². The van der Waals surface area contributed by atoms with Crippen LogP contribution < -0.4 is 15.5 Å². The number of benzene rings is 1. The Morgan fingerprint density at radius 3 is 2.56 bits per heavy atom. The molecule has 202 valence electrons. The lowest BCUT2D eigenvalue weighted by Gasteiger charge is -2.46. The minimum atomic E-state index is -1.70. The number of aliphatic hydroxyl groups excluding tert-OH is 4. The minimum Gasteiger partial charge on any atom is -0.394 e. The second kappa shape index (κ2) is 8.16. The molecule has 5 N–H and O–H groups in total. The van der Waals surface area contributed by atoms with Gasteiger partial charge in [-0.2, -0.15) is 0 Å². The minimum absolute atomic E-state index is 0.0215. The Labute approximate surface area is 218 Å². The van der Waals surface area contributed by atoms with E-state index >= 15 is 0 Å². The highest BCUT2D eigenvalue weighted by Crippen LogP contribution is 2.43. The summed E-state index contributed by atoms with van der Waals surface area (Å²) in [7, 11) is 1.33. The lowest BCUT2D eigenvalue weighted by molar-refractivity contribution is -0.228. The van der Waals surface area contributed by atoms with Crippen LogP contribution in [0, 0.1) is 0 Å². The maximum Gasteiger partial charge on any atom is 0.262 e. The van der Waals surface area contributed by atoms with Crippen molar-refractivity contribution in [1.82, 2.24) is 9.88 Å². The number of halogens is 2. The molecule has 6 unspecified atom stereocenters. The topological polar surface area (TPSA) is 147 Å². The molecular weight excluding hydrogens is 516 g/mol. The summed E-state index contributed by atoms with van der Waals surface area (Å²) in [5.41, 5.74) is 1.49.